The number of phosphoric ester groups is 1. The Labute approximate surface area is 334 Å². The van der Waals surface area contributed by atoms with E-state index in [0.29, 0.717) is 24.1 Å². The molecular formula is C45H89NO7P+. The van der Waals surface area contributed by atoms with Gasteiger partial charge in [-0.05, 0) is 44.9 Å². The van der Waals surface area contributed by atoms with Crippen LogP contribution in [-0.2, 0) is 27.9 Å². The van der Waals surface area contributed by atoms with Crippen LogP contribution in [0.5, 0.6) is 0 Å². The number of quaternary nitrogens is 1. The third-order valence-electron chi connectivity index (χ3n) is 9.77. The topological polar surface area (TPSA) is 91.3 Å². The predicted octanol–water partition coefficient (Wildman–Crippen LogP) is 13.2. The number of unbranched alkanes of at least 4 members (excludes halogenated alkanes) is 24. The standard InChI is InChI=1S/C45H88NO7P/c1-6-8-10-12-14-16-18-19-20-21-22-23-24-25-26-27-28-29-31-33-35-37-40-50-42-44(43-52-54(48,49)51-41-39-46(3,4)5)53-45(47)38-36-34-32-30-17-15-13-11-9-7-2/h18-19,21-22,44H,6-17,20,23-43H2,1-5H3/p+1/b19-18-,22-21-. The van der Waals surface area contributed by atoms with Crippen molar-refractivity contribution in [3.8, 4) is 0 Å². The average molecular weight is 787 g/mol. The summed E-state index contributed by atoms with van der Waals surface area (Å²) in [6, 6.07) is 0. The molecule has 0 rings (SSSR count). The van der Waals surface area contributed by atoms with Gasteiger partial charge in [-0.15, -0.1) is 0 Å². The number of carbonyl (C=O) groups is 1. The first-order chi connectivity index (χ1) is 26.1. The zero-order valence-electron chi connectivity index (χ0n) is 36.2. The Balaban J connectivity index is 4.10. The fourth-order valence-electron chi connectivity index (χ4n) is 6.23. The van der Waals surface area contributed by atoms with Gasteiger partial charge in [0.15, 0.2) is 0 Å². The molecule has 320 valence electrons. The Hall–Kier alpha value is -1.02. The van der Waals surface area contributed by atoms with Crippen LogP contribution in [-0.4, -0.2) is 75.6 Å². The molecule has 1 N–H and O–H groups in total. The summed E-state index contributed by atoms with van der Waals surface area (Å²) in [6.45, 7) is 5.61. The quantitative estimate of drug-likeness (QED) is 0.0217. The van der Waals surface area contributed by atoms with Crippen molar-refractivity contribution in [3.05, 3.63) is 24.3 Å². The van der Waals surface area contributed by atoms with Crippen molar-refractivity contribution in [2.45, 2.75) is 206 Å². The van der Waals surface area contributed by atoms with E-state index < -0.39 is 13.9 Å². The summed E-state index contributed by atoms with van der Waals surface area (Å²) < 4.78 is 35.0. The third-order valence-corrected chi connectivity index (χ3v) is 10.7. The first-order valence-corrected chi connectivity index (χ1v) is 24.1. The summed E-state index contributed by atoms with van der Waals surface area (Å²) in [5.41, 5.74) is 0. The number of esters is 1. The molecule has 0 aliphatic carbocycles. The number of hydrogen-bond donors (Lipinski definition) is 1. The third kappa shape index (κ3) is 42.1. The summed E-state index contributed by atoms with van der Waals surface area (Å²) in [5.74, 6) is -0.315. The zero-order valence-corrected chi connectivity index (χ0v) is 37.1. The lowest BCUT2D eigenvalue weighted by molar-refractivity contribution is -0.870. The Morgan fingerprint density at radius 3 is 1.50 bits per heavy atom. The minimum atomic E-state index is -4.27. The molecule has 0 aromatic carbocycles. The van der Waals surface area contributed by atoms with Crippen LogP contribution < -0.4 is 0 Å². The second-order valence-electron chi connectivity index (χ2n) is 16.4. The zero-order chi connectivity index (χ0) is 39.9. The molecule has 0 aromatic heterocycles. The van der Waals surface area contributed by atoms with Gasteiger partial charge < -0.3 is 18.9 Å². The van der Waals surface area contributed by atoms with E-state index in [0.717, 1.165) is 38.5 Å². The molecule has 9 heteroatoms. The lowest BCUT2D eigenvalue weighted by atomic mass is 10.1. The molecular weight excluding hydrogens is 697 g/mol. The maximum atomic E-state index is 12.6. The summed E-state index contributed by atoms with van der Waals surface area (Å²) in [7, 11) is 1.67. The van der Waals surface area contributed by atoms with Crippen molar-refractivity contribution < 1.29 is 37.3 Å². The van der Waals surface area contributed by atoms with Crippen LogP contribution in [0.2, 0.25) is 0 Å². The van der Waals surface area contributed by atoms with Crippen LogP contribution in [0.3, 0.4) is 0 Å². The number of ether oxygens (including phenoxy) is 2. The van der Waals surface area contributed by atoms with Gasteiger partial charge in [-0.3, -0.25) is 13.8 Å². The van der Waals surface area contributed by atoms with Crippen LogP contribution in [0.4, 0.5) is 0 Å². The maximum absolute atomic E-state index is 12.6. The molecule has 54 heavy (non-hydrogen) atoms. The van der Waals surface area contributed by atoms with E-state index in [1.807, 2.05) is 21.1 Å². The summed E-state index contributed by atoms with van der Waals surface area (Å²) >= 11 is 0. The molecule has 8 nitrogen and oxygen atoms in total. The summed E-state index contributed by atoms with van der Waals surface area (Å²) in [6.07, 6.45) is 43.6. The molecule has 0 heterocycles. The largest absolute Gasteiger partial charge is 0.472 e. The van der Waals surface area contributed by atoms with Crippen molar-refractivity contribution in [1.82, 2.24) is 0 Å². The van der Waals surface area contributed by atoms with Gasteiger partial charge in [-0.2, -0.15) is 0 Å². The first kappa shape index (κ1) is 53.0. The molecule has 2 unspecified atom stereocenters. The molecule has 2 atom stereocenters. The highest BCUT2D eigenvalue weighted by atomic mass is 31.2. The lowest BCUT2D eigenvalue weighted by Crippen LogP contribution is -2.37. The Bertz CT molecular complexity index is 920. The first-order valence-electron chi connectivity index (χ1n) is 22.6. The SMILES string of the molecule is CCCCCCC/C=C\C/C=C\CCCCCCCCCCCCOCC(COP(=O)(O)OCC[N+](C)(C)C)OC(=O)CCCCCCCCCCCC. The smallest absolute Gasteiger partial charge is 0.457 e. The van der Waals surface area contributed by atoms with Gasteiger partial charge in [0.2, 0.25) is 0 Å². The number of phosphoric acid groups is 1. The molecule has 0 fully saturated rings. The number of likely N-dealkylation sites (N-methyl/N-ethyl adjacent to an activating group) is 1. The van der Waals surface area contributed by atoms with Crippen LogP contribution in [0.1, 0.15) is 200 Å². The highest BCUT2D eigenvalue weighted by Crippen LogP contribution is 2.43. The van der Waals surface area contributed by atoms with Gasteiger partial charge in [0.05, 0.1) is 34.4 Å². The van der Waals surface area contributed by atoms with E-state index in [-0.39, 0.29) is 25.8 Å². The Morgan fingerprint density at radius 2 is 1.02 bits per heavy atom. The second-order valence-corrected chi connectivity index (χ2v) is 17.9. The monoisotopic (exact) mass is 787 g/mol. The normalized spacial score (nSPS) is 14.0. The van der Waals surface area contributed by atoms with E-state index in [4.69, 9.17) is 18.5 Å². The molecule has 0 saturated carbocycles. The van der Waals surface area contributed by atoms with Crippen molar-refractivity contribution >= 4 is 13.8 Å². The van der Waals surface area contributed by atoms with Gasteiger partial charge in [0.1, 0.15) is 19.3 Å². The summed E-state index contributed by atoms with van der Waals surface area (Å²) in [4.78, 5) is 22.8. The number of rotatable bonds is 42. The number of carbonyl (C=O) groups excluding carboxylic acids is 1. The number of allylic oxidation sites excluding steroid dienone is 4. The van der Waals surface area contributed by atoms with Gasteiger partial charge in [-0.1, -0.05) is 173 Å². The average Bonchev–Trinajstić information content (AvgIpc) is 3.12. The number of hydrogen-bond acceptors (Lipinski definition) is 6. The molecule has 0 aliphatic heterocycles. The highest BCUT2D eigenvalue weighted by molar-refractivity contribution is 7.47. The van der Waals surface area contributed by atoms with Gasteiger partial charge in [-0.25, -0.2) is 4.57 Å². The van der Waals surface area contributed by atoms with Gasteiger partial charge >= 0.3 is 13.8 Å². The van der Waals surface area contributed by atoms with Crippen molar-refractivity contribution in [1.29, 1.82) is 0 Å². The molecule has 0 spiro atoms. The minimum Gasteiger partial charge on any atom is -0.457 e. The van der Waals surface area contributed by atoms with E-state index in [1.165, 1.54) is 141 Å². The highest BCUT2D eigenvalue weighted by Gasteiger charge is 2.26. The summed E-state index contributed by atoms with van der Waals surface area (Å²) in [5, 5.41) is 0. The van der Waals surface area contributed by atoms with E-state index >= 15 is 0 Å². The van der Waals surface area contributed by atoms with Crippen LogP contribution >= 0.6 is 7.82 Å². The van der Waals surface area contributed by atoms with Crippen LogP contribution in [0, 0.1) is 0 Å². The fourth-order valence-corrected chi connectivity index (χ4v) is 6.97. The van der Waals surface area contributed by atoms with Crippen LogP contribution in [0.25, 0.3) is 0 Å². The predicted molar refractivity (Wildman–Crippen MR) is 229 cm³/mol. The molecule has 0 amide bonds. The Morgan fingerprint density at radius 1 is 0.574 bits per heavy atom. The van der Waals surface area contributed by atoms with E-state index in [2.05, 4.69) is 38.2 Å². The van der Waals surface area contributed by atoms with Gasteiger partial charge in [0, 0.05) is 13.0 Å². The van der Waals surface area contributed by atoms with Gasteiger partial charge in [0.25, 0.3) is 0 Å². The van der Waals surface area contributed by atoms with Crippen molar-refractivity contribution in [3.63, 3.8) is 0 Å². The molecule has 0 saturated heterocycles. The van der Waals surface area contributed by atoms with E-state index in [1.54, 1.807) is 0 Å². The second kappa shape index (κ2) is 38.8. The van der Waals surface area contributed by atoms with Crippen molar-refractivity contribution in [2.24, 2.45) is 0 Å². The van der Waals surface area contributed by atoms with Crippen molar-refractivity contribution in [2.75, 3.05) is 54.1 Å². The fraction of sp³-hybridized carbons (Fsp3) is 0.889. The van der Waals surface area contributed by atoms with E-state index in [9.17, 15) is 14.3 Å². The van der Waals surface area contributed by atoms with Crippen LogP contribution in [0.15, 0.2) is 24.3 Å². The Kier molecular flexibility index (Phi) is 38.1. The molecule has 0 bridgehead atoms. The minimum absolute atomic E-state index is 0.0899. The number of nitrogens with zero attached hydrogens (tertiary/aromatic N) is 1. The molecule has 0 aromatic rings. The maximum Gasteiger partial charge on any atom is 0.472 e. The molecule has 0 aliphatic rings. The lowest BCUT2D eigenvalue weighted by Gasteiger charge is -2.24. The molecule has 0 radical (unpaired) electrons.